The summed E-state index contributed by atoms with van der Waals surface area (Å²) in [6.07, 6.45) is 1.67. The van der Waals surface area contributed by atoms with Crippen molar-refractivity contribution >= 4 is 46.4 Å². The highest BCUT2D eigenvalue weighted by Crippen LogP contribution is 2.48. The summed E-state index contributed by atoms with van der Waals surface area (Å²) < 4.78 is 13.3. The highest BCUT2D eigenvalue weighted by molar-refractivity contribution is 6.56. The van der Waals surface area contributed by atoms with E-state index >= 15 is 0 Å². The molecule has 3 heterocycles. The van der Waals surface area contributed by atoms with Gasteiger partial charge in [0.1, 0.15) is 17.3 Å². The molecule has 8 rings (SSSR count). The number of amides is 1. The highest BCUT2D eigenvalue weighted by atomic mass is 16.6. The topological polar surface area (TPSA) is 64.0 Å². The van der Waals surface area contributed by atoms with Gasteiger partial charge < -0.3 is 9.31 Å². The van der Waals surface area contributed by atoms with Crippen LogP contribution in [0.25, 0.3) is 32.7 Å². The van der Waals surface area contributed by atoms with Gasteiger partial charge in [-0.3, -0.25) is 9.61 Å². The maximum absolute atomic E-state index is 13.9. The van der Waals surface area contributed by atoms with Crippen LogP contribution in [0.4, 0.5) is 5.82 Å². The number of hydrogen-bond donors (Lipinski definition) is 0. The number of aromatic nitrogens is 1. The summed E-state index contributed by atoms with van der Waals surface area (Å²) in [5.41, 5.74) is 3.10. The SMILES string of the molecule is O=C1c2ccccc2/C(=N\c2ccccn2)N1B1Oc2ccc3ccccc3c2-c2c(ccc3ccccc23)O1. The van der Waals surface area contributed by atoms with Crippen LogP contribution >= 0.6 is 0 Å². The minimum Gasteiger partial charge on any atom is -0.506 e. The van der Waals surface area contributed by atoms with Crippen molar-refractivity contribution in [2.75, 3.05) is 0 Å². The Morgan fingerprint density at radius 1 is 0.625 bits per heavy atom. The second-order valence-electron chi connectivity index (χ2n) is 9.71. The van der Waals surface area contributed by atoms with Crippen LogP contribution in [-0.4, -0.2) is 28.8 Å². The number of amidine groups is 1. The van der Waals surface area contributed by atoms with Crippen LogP contribution in [0.15, 0.2) is 126 Å². The third kappa shape index (κ3) is 3.41. The van der Waals surface area contributed by atoms with Gasteiger partial charge in [-0.25, -0.2) is 9.98 Å². The number of benzene rings is 5. The molecule has 0 spiro atoms. The van der Waals surface area contributed by atoms with Gasteiger partial charge in [-0.05, 0) is 51.9 Å². The smallest absolute Gasteiger partial charge is 0.506 e. The average molecular weight is 517 g/mol. The van der Waals surface area contributed by atoms with Crippen LogP contribution in [0.2, 0.25) is 0 Å². The summed E-state index contributed by atoms with van der Waals surface area (Å²) >= 11 is 0. The lowest BCUT2D eigenvalue weighted by Crippen LogP contribution is -2.52. The molecule has 2 aliphatic rings. The van der Waals surface area contributed by atoms with Crippen molar-refractivity contribution in [3.05, 3.63) is 133 Å². The fourth-order valence-corrected chi connectivity index (χ4v) is 5.62. The Bertz CT molecular complexity index is 1920. The molecule has 6 nitrogen and oxygen atoms in total. The van der Waals surface area contributed by atoms with Crippen molar-refractivity contribution in [3.8, 4) is 22.6 Å². The molecule has 5 aromatic carbocycles. The fraction of sp³-hybridized carbons (Fsp3) is 0. The molecule has 0 fully saturated rings. The van der Waals surface area contributed by atoms with Gasteiger partial charge in [-0.2, -0.15) is 0 Å². The summed E-state index contributed by atoms with van der Waals surface area (Å²) in [6.45, 7) is 0. The molecule has 2 aliphatic heterocycles. The zero-order valence-electron chi connectivity index (χ0n) is 21.2. The van der Waals surface area contributed by atoms with Crippen molar-refractivity contribution in [3.63, 3.8) is 0 Å². The second kappa shape index (κ2) is 8.81. The van der Waals surface area contributed by atoms with Crippen molar-refractivity contribution in [1.29, 1.82) is 0 Å². The number of hydrogen-bond acceptors (Lipinski definition) is 5. The number of aliphatic imine (C=N–C) groups is 1. The lowest BCUT2D eigenvalue weighted by Gasteiger charge is -2.23. The molecular weight excluding hydrogens is 497 g/mol. The van der Waals surface area contributed by atoms with Crippen molar-refractivity contribution in [2.45, 2.75) is 0 Å². The Morgan fingerprint density at radius 2 is 1.20 bits per heavy atom. The van der Waals surface area contributed by atoms with Crippen LogP contribution in [0.3, 0.4) is 0 Å². The molecular formula is C33H20BN3O3. The van der Waals surface area contributed by atoms with E-state index in [1.54, 1.807) is 18.3 Å². The van der Waals surface area contributed by atoms with Gasteiger partial charge in [0, 0.05) is 28.5 Å². The average Bonchev–Trinajstić information content (AvgIpc) is 3.16. The van der Waals surface area contributed by atoms with Crippen LogP contribution in [0.5, 0.6) is 11.5 Å². The normalized spacial score (nSPS) is 14.9. The van der Waals surface area contributed by atoms with E-state index in [2.05, 4.69) is 29.2 Å². The number of carbonyl (C=O) groups excluding carboxylic acids is 1. The minimum atomic E-state index is -1.11. The molecule has 0 aliphatic carbocycles. The first-order chi connectivity index (χ1) is 19.8. The van der Waals surface area contributed by atoms with E-state index in [-0.39, 0.29) is 5.91 Å². The van der Waals surface area contributed by atoms with Crippen LogP contribution in [0, 0.1) is 0 Å². The molecule has 6 aromatic rings. The van der Waals surface area contributed by atoms with E-state index in [4.69, 9.17) is 14.3 Å². The second-order valence-corrected chi connectivity index (χ2v) is 9.71. The molecule has 0 unspecified atom stereocenters. The van der Waals surface area contributed by atoms with E-state index in [0.29, 0.717) is 34.3 Å². The van der Waals surface area contributed by atoms with Gasteiger partial charge in [0.15, 0.2) is 5.82 Å². The molecule has 0 N–H and O–H groups in total. The van der Waals surface area contributed by atoms with Gasteiger partial charge in [0.2, 0.25) is 0 Å². The maximum atomic E-state index is 13.9. The summed E-state index contributed by atoms with van der Waals surface area (Å²) in [7, 11) is -1.11. The highest BCUT2D eigenvalue weighted by Gasteiger charge is 2.49. The van der Waals surface area contributed by atoms with E-state index in [1.165, 1.54) is 4.81 Å². The van der Waals surface area contributed by atoms with Gasteiger partial charge >= 0.3 is 7.25 Å². The largest absolute Gasteiger partial charge is 0.747 e. The Morgan fingerprint density at radius 3 is 1.82 bits per heavy atom. The van der Waals surface area contributed by atoms with E-state index in [0.717, 1.165) is 32.7 Å². The maximum Gasteiger partial charge on any atom is 0.747 e. The summed E-state index contributed by atoms with van der Waals surface area (Å²) in [5, 5.41) is 4.26. The van der Waals surface area contributed by atoms with Gasteiger partial charge in [-0.1, -0.05) is 84.9 Å². The Hall–Kier alpha value is -5.43. The molecule has 0 atom stereocenters. The molecule has 188 valence electrons. The van der Waals surface area contributed by atoms with E-state index < -0.39 is 7.25 Å². The number of carbonyl (C=O) groups is 1. The summed E-state index contributed by atoms with van der Waals surface area (Å²) in [4.78, 5) is 24.6. The number of fused-ring (bicyclic) bond motifs is 8. The number of pyridine rings is 1. The van der Waals surface area contributed by atoms with Crippen LogP contribution < -0.4 is 9.31 Å². The molecule has 0 saturated heterocycles. The summed E-state index contributed by atoms with van der Waals surface area (Å²) in [6, 6.07) is 37.3. The molecule has 0 radical (unpaired) electrons. The molecule has 0 bridgehead atoms. The van der Waals surface area contributed by atoms with Crippen LogP contribution in [0.1, 0.15) is 15.9 Å². The first-order valence-electron chi connectivity index (χ1n) is 13.1. The Labute approximate surface area is 230 Å². The van der Waals surface area contributed by atoms with Crippen LogP contribution in [-0.2, 0) is 0 Å². The molecule has 1 amide bonds. The first-order valence-corrected chi connectivity index (χ1v) is 13.1. The minimum absolute atomic E-state index is 0.248. The third-order valence-electron chi connectivity index (χ3n) is 7.41. The molecule has 40 heavy (non-hydrogen) atoms. The van der Waals surface area contributed by atoms with Gasteiger partial charge in [0.25, 0.3) is 5.91 Å². The predicted molar refractivity (Wildman–Crippen MR) is 157 cm³/mol. The Balaban J connectivity index is 1.37. The monoisotopic (exact) mass is 517 g/mol. The van der Waals surface area contributed by atoms with E-state index in [1.807, 2.05) is 78.9 Å². The standard InChI is InChI=1S/C33H20BN3O3/c38-33-26-14-6-5-13-25(26)32(36-29-15-7-8-20-35-29)37(33)34-39-27-18-16-21-9-1-3-11-23(21)30(27)31-24-12-4-2-10-22(24)17-19-28(31)40-34/h1-20H/b36-32+. The van der Waals surface area contributed by atoms with Crippen molar-refractivity contribution in [2.24, 2.45) is 4.99 Å². The lowest BCUT2D eigenvalue weighted by atomic mass is 9.92. The predicted octanol–water partition coefficient (Wildman–Crippen LogP) is 7.05. The summed E-state index contributed by atoms with van der Waals surface area (Å²) in [5.74, 6) is 1.91. The Kier molecular flexibility index (Phi) is 4.97. The van der Waals surface area contributed by atoms with Gasteiger partial charge in [0.05, 0.1) is 0 Å². The fourth-order valence-electron chi connectivity index (χ4n) is 5.62. The first kappa shape index (κ1) is 22.5. The number of nitrogens with zero attached hydrogens (tertiary/aromatic N) is 3. The zero-order chi connectivity index (χ0) is 26.6. The van der Waals surface area contributed by atoms with Crippen molar-refractivity contribution in [1.82, 2.24) is 9.79 Å². The van der Waals surface area contributed by atoms with Crippen molar-refractivity contribution < 1.29 is 14.1 Å². The van der Waals surface area contributed by atoms with Gasteiger partial charge in [-0.15, -0.1) is 0 Å². The lowest BCUT2D eigenvalue weighted by molar-refractivity contribution is 0.0898. The third-order valence-corrected chi connectivity index (χ3v) is 7.41. The quantitative estimate of drug-likeness (QED) is 0.231. The van der Waals surface area contributed by atoms with E-state index in [9.17, 15) is 4.79 Å². The molecule has 0 saturated carbocycles. The molecule has 1 aromatic heterocycles. The molecule has 7 heteroatoms. The number of rotatable bonds is 2. The zero-order valence-corrected chi connectivity index (χ0v) is 21.2.